The summed E-state index contributed by atoms with van der Waals surface area (Å²) in [6.07, 6.45) is 9.76. The van der Waals surface area contributed by atoms with Crippen molar-refractivity contribution in [3.05, 3.63) is 0 Å². The number of carbonyl (C=O) groups excluding carboxylic acids is 1. The van der Waals surface area contributed by atoms with Crippen LogP contribution in [0.1, 0.15) is 92.4 Å². The molecule has 0 aromatic heterocycles. The van der Waals surface area contributed by atoms with Crippen LogP contribution in [-0.2, 0) is 19.0 Å². The Morgan fingerprint density at radius 2 is 1.79 bits per heavy atom. The molecule has 2 aliphatic heterocycles. The first kappa shape index (κ1) is 23.7. The minimum Gasteiger partial charge on any atom is -0.463 e. The second-order valence-electron chi connectivity index (χ2n) is 13.8. The van der Waals surface area contributed by atoms with Crippen molar-refractivity contribution >= 4 is 5.97 Å². The van der Waals surface area contributed by atoms with Crippen molar-refractivity contribution in [2.24, 2.45) is 52.3 Å². The molecule has 34 heavy (non-hydrogen) atoms. The van der Waals surface area contributed by atoms with Gasteiger partial charge in [-0.05, 0) is 86.4 Å². The van der Waals surface area contributed by atoms with Crippen LogP contribution >= 0.6 is 0 Å². The third-order valence-corrected chi connectivity index (χ3v) is 12.3. The van der Waals surface area contributed by atoms with E-state index in [1.54, 1.807) is 0 Å². The van der Waals surface area contributed by atoms with Crippen molar-refractivity contribution < 1.29 is 24.1 Å². The van der Waals surface area contributed by atoms with Crippen molar-refractivity contribution in [3.8, 4) is 0 Å². The molecular weight excluding hydrogens is 428 g/mol. The minimum absolute atomic E-state index is 0.0837. The van der Waals surface area contributed by atoms with E-state index in [1.807, 2.05) is 0 Å². The maximum atomic E-state index is 11.9. The molecule has 1 spiro atoms. The van der Waals surface area contributed by atoms with Gasteiger partial charge in [0.05, 0.1) is 18.8 Å². The Morgan fingerprint density at radius 1 is 1.00 bits per heavy atom. The maximum absolute atomic E-state index is 11.9. The number of ether oxygens (including phenoxy) is 3. The van der Waals surface area contributed by atoms with Gasteiger partial charge in [0.1, 0.15) is 6.10 Å². The van der Waals surface area contributed by atoms with E-state index in [0.29, 0.717) is 41.4 Å². The zero-order chi connectivity index (χ0) is 24.0. The first-order valence-electron chi connectivity index (χ1n) is 14.3. The van der Waals surface area contributed by atoms with Crippen molar-refractivity contribution in [1.82, 2.24) is 0 Å². The molecule has 1 N–H and O–H groups in total. The summed E-state index contributed by atoms with van der Waals surface area (Å²) in [6.45, 7) is 11.8. The van der Waals surface area contributed by atoms with Crippen LogP contribution in [0.3, 0.4) is 0 Å². The molecule has 0 radical (unpaired) electrons. The van der Waals surface area contributed by atoms with E-state index in [2.05, 4.69) is 27.7 Å². The number of hydrogen-bond acceptors (Lipinski definition) is 5. The molecule has 13 atom stereocenters. The summed E-state index contributed by atoms with van der Waals surface area (Å²) in [5.41, 5.74) is 0.162. The van der Waals surface area contributed by atoms with Gasteiger partial charge in [-0.2, -0.15) is 0 Å². The van der Waals surface area contributed by atoms with E-state index in [-0.39, 0.29) is 35.1 Å². The molecule has 0 unspecified atom stereocenters. The first-order chi connectivity index (χ1) is 16.1. The van der Waals surface area contributed by atoms with Crippen LogP contribution in [0.4, 0.5) is 0 Å². The number of esters is 1. The minimum atomic E-state index is -0.425. The second kappa shape index (κ2) is 7.92. The van der Waals surface area contributed by atoms with Crippen LogP contribution in [0.15, 0.2) is 0 Å². The van der Waals surface area contributed by atoms with E-state index in [0.717, 1.165) is 45.1 Å². The monoisotopic (exact) mass is 474 g/mol. The van der Waals surface area contributed by atoms with Gasteiger partial charge in [0.15, 0.2) is 5.79 Å². The van der Waals surface area contributed by atoms with Crippen LogP contribution in [0, 0.1) is 52.3 Å². The van der Waals surface area contributed by atoms with Crippen LogP contribution in [0.2, 0.25) is 0 Å². The fraction of sp³-hybridized carbons (Fsp3) is 0.966. The first-order valence-corrected chi connectivity index (χ1v) is 14.3. The summed E-state index contributed by atoms with van der Waals surface area (Å²) in [4.78, 5) is 11.6. The van der Waals surface area contributed by atoms with Gasteiger partial charge in [-0.3, -0.25) is 4.79 Å². The molecule has 5 heteroatoms. The SMILES string of the molecule is CC(=O)O[C@@H]1CC[C@@]2(C)[C@@H](CC[C@@H]3[C@H]2C[C@H](O)[C@@]2(C)[C@@H]4[C@H](C[C@H]32)O[C@]2(CC[C@H](C)CO2)[C@H]4C)C1. The summed E-state index contributed by atoms with van der Waals surface area (Å²) < 4.78 is 18.9. The fourth-order valence-electron chi connectivity index (χ4n) is 10.5. The predicted octanol–water partition coefficient (Wildman–Crippen LogP) is 5.34. The highest BCUT2D eigenvalue weighted by atomic mass is 16.7. The Kier molecular flexibility index (Phi) is 5.53. The predicted molar refractivity (Wildman–Crippen MR) is 129 cm³/mol. The molecule has 6 fully saturated rings. The van der Waals surface area contributed by atoms with Crippen molar-refractivity contribution in [1.29, 1.82) is 0 Å². The summed E-state index contributed by atoms with van der Waals surface area (Å²) in [6, 6.07) is 0. The molecule has 6 aliphatic rings. The average molecular weight is 475 g/mol. The number of aliphatic hydroxyl groups is 1. The van der Waals surface area contributed by atoms with Gasteiger partial charge in [-0.1, -0.05) is 27.7 Å². The highest BCUT2D eigenvalue weighted by Crippen LogP contribution is 2.71. The summed E-state index contributed by atoms with van der Waals surface area (Å²) in [7, 11) is 0. The zero-order valence-corrected chi connectivity index (χ0v) is 21.9. The lowest BCUT2D eigenvalue weighted by Gasteiger charge is -2.62. The van der Waals surface area contributed by atoms with Gasteiger partial charge in [0.25, 0.3) is 0 Å². The third kappa shape index (κ3) is 3.18. The number of hydrogen-bond donors (Lipinski definition) is 1. The van der Waals surface area contributed by atoms with Crippen molar-refractivity contribution in [3.63, 3.8) is 0 Å². The van der Waals surface area contributed by atoms with Crippen LogP contribution in [-0.4, -0.2) is 41.8 Å². The van der Waals surface area contributed by atoms with E-state index < -0.39 is 5.79 Å². The van der Waals surface area contributed by atoms with Crippen molar-refractivity contribution in [2.45, 2.75) is 117 Å². The Morgan fingerprint density at radius 3 is 2.50 bits per heavy atom. The smallest absolute Gasteiger partial charge is 0.302 e. The Bertz CT molecular complexity index is 819. The second-order valence-corrected chi connectivity index (χ2v) is 13.8. The van der Waals surface area contributed by atoms with Gasteiger partial charge in [-0.15, -0.1) is 0 Å². The highest BCUT2D eigenvalue weighted by Gasteiger charge is 2.71. The number of fused-ring (bicyclic) bond motifs is 7. The van der Waals surface area contributed by atoms with Gasteiger partial charge >= 0.3 is 5.97 Å². The molecule has 0 amide bonds. The number of aliphatic hydroxyl groups excluding tert-OH is 1. The molecule has 0 aromatic rings. The molecule has 4 saturated carbocycles. The number of carbonyl (C=O) groups is 1. The third-order valence-electron chi connectivity index (χ3n) is 12.3. The molecule has 0 aromatic carbocycles. The quantitative estimate of drug-likeness (QED) is 0.520. The van der Waals surface area contributed by atoms with E-state index >= 15 is 0 Å². The van der Waals surface area contributed by atoms with E-state index in [4.69, 9.17) is 14.2 Å². The Labute approximate surface area is 205 Å². The lowest BCUT2D eigenvalue weighted by Crippen LogP contribution is -2.59. The zero-order valence-electron chi connectivity index (χ0n) is 21.9. The molecular formula is C29H46O5. The molecule has 2 heterocycles. The Balaban J connectivity index is 1.24. The normalized spacial score (nSPS) is 58.5. The van der Waals surface area contributed by atoms with Gasteiger partial charge in [0, 0.05) is 30.6 Å². The van der Waals surface area contributed by atoms with E-state index in [9.17, 15) is 9.90 Å². The largest absolute Gasteiger partial charge is 0.463 e. The maximum Gasteiger partial charge on any atom is 0.302 e. The van der Waals surface area contributed by atoms with Gasteiger partial charge < -0.3 is 19.3 Å². The summed E-state index contributed by atoms with van der Waals surface area (Å²) in [5, 5.41) is 11.9. The molecule has 5 nitrogen and oxygen atoms in total. The Hall–Kier alpha value is -0.650. The van der Waals surface area contributed by atoms with Crippen molar-refractivity contribution in [2.75, 3.05) is 6.61 Å². The average Bonchev–Trinajstić information content (AvgIpc) is 3.23. The van der Waals surface area contributed by atoms with E-state index in [1.165, 1.54) is 26.2 Å². The van der Waals surface area contributed by atoms with Gasteiger partial charge in [0.2, 0.25) is 0 Å². The highest BCUT2D eigenvalue weighted by molar-refractivity contribution is 5.66. The lowest BCUT2D eigenvalue weighted by atomic mass is 9.43. The van der Waals surface area contributed by atoms with Gasteiger partial charge in [-0.25, -0.2) is 0 Å². The fourth-order valence-corrected chi connectivity index (χ4v) is 10.5. The van der Waals surface area contributed by atoms with Crippen LogP contribution < -0.4 is 0 Å². The molecule has 6 rings (SSSR count). The summed E-state index contributed by atoms with van der Waals surface area (Å²) >= 11 is 0. The van der Waals surface area contributed by atoms with Crippen LogP contribution in [0.5, 0.6) is 0 Å². The molecule has 4 aliphatic carbocycles. The molecule has 192 valence electrons. The molecule has 2 saturated heterocycles. The standard InChI is InChI=1S/C29H46O5/c1-16-8-11-29(32-15-16)17(2)26-24(34-29)13-23-21-7-6-19-12-20(33-18(3)30)9-10-27(19,4)22(21)14-25(31)28(23,26)5/h16-17,19-26,31H,6-15H2,1-5H3/t16-,17-,19-,20+,21+,22+,23+,24-,25-,26-,27-,28-,29+/m0/s1. The number of rotatable bonds is 1. The molecule has 0 bridgehead atoms. The van der Waals surface area contributed by atoms with Crippen LogP contribution in [0.25, 0.3) is 0 Å². The topological polar surface area (TPSA) is 65.0 Å². The lowest BCUT2D eigenvalue weighted by molar-refractivity contribution is -0.274. The summed E-state index contributed by atoms with van der Waals surface area (Å²) in [5.74, 6) is 3.11.